The second-order valence-electron chi connectivity index (χ2n) is 3.23. The van der Waals surface area contributed by atoms with Crippen molar-refractivity contribution in [1.29, 1.82) is 0 Å². The number of carbonyl (C=O) groups is 1. The van der Waals surface area contributed by atoms with E-state index in [1.54, 1.807) is 0 Å². The van der Waals surface area contributed by atoms with Crippen LogP contribution in [0.5, 0.6) is 0 Å². The van der Waals surface area contributed by atoms with Crippen LogP contribution in [0, 0.1) is 0 Å². The van der Waals surface area contributed by atoms with Crippen molar-refractivity contribution in [2.75, 3.05) is 13.1 Å². The fraction of sp³-hybridized carbons (Fsp3) is 0.889. The number of hydrogen-bond acceptors (Lipinski definition) is 1. The van der Waals surface area contributed by atoms with E-state index >= 15 is 0 Å². The third-order valence-corrected chi connectivity index (χ3v) is 3.20. The minimum absolute atomic E-state index is 0.0674. The molecule has 0 bridgehead atoms. The highest BCUT2D eigenvalue weighted by Gasteiger charge is 2.21. The van der Waals surface area contributed by atoms with Gasteiger partial charge in [-0.2, -0.15) is 0 Å². The molecule has 1 saturated heterocycles. The molecule has 12 heavy (non-hydrogen) atoms. The van der Waals surface area contributed by atoms with Crippen LogP contribution in [0.25, 0.3) is 0 Å². The van der Waals surface area contributed by atoms with E-state index in [0.29, 0.717) is 0 Å². The maximum atomic E-state index is 11.6. The molecular weight excluding hydrogens is 218 g/mol. The summed E-state index contributed by atoms with van der Waals surface area (Å²) >= 11 is 3.43. The van der Waals surface area contributed by atoms with Crippen molar-refractivity contribution in [3.8, 4) is 0 Å². The lowest BCUT2D eigenvalue weighted by molar-refractivity contribution is -0.130. The molecule has 1 fully saturated rings. The van der Waals surface area contributed by atoms with Gasteiger partial charge in [0, 0.05) is 13.1 Å². The minimum Gasteiger partial charge on any atom is -0.342 e. The number of amides is 1. The van der Waals surface area contributed by atoms with Crippen molar-refractivity contribution < 1.29 is 4.79 Å². The van der Waals surface area contributed by atoms with Crippen molar-refractivity contribution in [2.45, 2.75) is 37.4 Å². The normalized spacial score (nSPS) is 26.7. The number of likely N-dealkylation sites (tertiary alicyclic amines) is 1. The van der Waals surface area contributed by atoms with Crippen LogP contribution in [-0.2, 0) is 4.79 Å². The first-order valence-electron chi connectivity index (χ1n) is 4.68. The van der Waals surface area contributed by atoms with E-state index in [9.17, 15) is 4.79 Å². The molecule has 2 nitrogen and oxygen atoms in total. The summed E-state index contributed by atoms with van der Waals surface area (Å²) in [5.74, 6) is 0.275. The first-order valence-corrected chi connectivity index (χ1v) is 5.60. The number of hydrogen-bond donors (Lipinski definition) is 0. The molecular formula is C9H16BrNO. The molecule has 0 aliphatic carbocycles. The fourth-order valence-electron chi connectivity index (χ4n) is 1.55. The molecule has 1 amide bonds. The summed E-state index contributed by atoms with van der Waals surface area (Å²) in [6, 6.07) is 0. The Hall–Kier alpha value is -0.0500. The van der Waals surface area contributed by atoms with Crippen molar-refractivity contribution >= 4 is 21.8 Å². The zero-order valence-electron chi connectivity index (χ0n) is 7.55. The summed E-state index contributed by atoms with van der Waals surface area (Å²) in [5, 5.41) is 0. The molecule has 1 aliphatic rings. The highest BCUT2D eigenvalue weighted by atomic mass is 79.9. The molecule has 0 aromatic carbocycles. The van der Waals surface area contributed by atoms with E-state index < -0.39 is 0 Å². The van der Waals surface area contributed by atoms with Gasteiger partial charge in [-0.05, 0) is 19.8 Å². The van der Waals surface area contributed by atoms with E-state index in [4.69, 9.17) is 0 Å². The Labute approximate surface area is 82.4 Å². The van der Waals surface area contributed by atoms with Crippen LogP contribution in [0.4, 0.5) is 0 Å². The quantitative estimate of drug-likeness (QED) is 0.637. The van der Waals surface area contributed by atoms with Gasteiger partial charge < -0.3 is 4.90 Å². The Bertz CT molecular complexity index is 161. The SMILES string of the molecule is CCN1CCCCCC(Br)C1=O. The lowest BCUT2D eigenvalue weighted by Crippen LogP contribution is -2.38. The van der Waals surface area contributed by atoms with Crippen LogP contribution in [-0.4, -0.2) is 28.7 Å². The topological polar surface area (TPSA) is 20.3 Å². The molecule has 0 spiro atoms. The average Bonchev–Trinajstić information content (AvgIpc) is 2.07. The first-order chi connectivity index (χ1) is 5.75. The summed E-state index contributed by atoms with van der Waals surface area (Å²) in [6.45, 7) is 3.83. The third kappa shape index (κ3) is 2.47. The van der Waals surface area contributed by atoms with Gasteiger partial charge in [0.2, 0.25) is 5.91 Å². The van der Waals surface area contributed by atoms with Crippen LogP contribution >= 0.6 is 15.9 Å². The second kappa shape index (κ2) is 4.85. The minimum atomic E-state index is 0.0674. The van der Waals surface area contributed by atoms with Crippen molar-refractivity contribution in [3.63, 3.8) is 0 Å². The van der Waals surface area contributed by atoms with Gasteiger partial charge in [-0.3, -0.25) is 4.79 Å². The zero-order chi connectivity index (χ0) is 8.97. The van der Waals surface area contributed by atoms with Crippen LogP contribution in [0.3, 0.4) is 0 Å². The van der Waals surface area contributed by atoms with Gasteiger partial charge in [-0.1, -0.05) is 28.8 Å². The van der Waals surface area contributed by atoms with Gasteiger partial charge in [0.1, 0.15) is 0 Å². The molecule has 0 saturated carbocycles. The highest BCUT2D eigenvalue weighted by Crippen LogP contribution is 2.17. The monoisotopic (exact) mass is 233 g/mol. The molecule has 0 aromatic rings. The van der Waals surface area contributed by atoms with Crippen molar-refractivity contribution in [3.05, 3.63) is 0 Å². The van der Waals surface area contributed by atoms with Gasteiger partial charge in [-0.25, -0.2) is 0 Å². The van der Waals surface area contributed by atoms with Gasteiger partial charge in [0.25, 0.3) is 0 Å². The van der Waals surface area contributed by atoms with Crippen LogP contribution < -0.4 is 0 Å². The first kappa shape index (κ1) is 10.0. The second-order valence-corrected chi connectivity index (χ2v) is 4.34. The maximum Gasteiger partial charge on any atom is 0.236 e. The fourth-order valence-corrected chi connectivity index (χ4v) is 2.16. The van der Waals surface area contributed by atoms with Crippen molar-refractivity contribution in [2.24, 2.45) is 0 Å². The zero-order valence-corrected chi connectivity index (χ0v) is 9.14. The predicted molar refractivity (Wildman–Crippen MR) is 53.4 cm³/mol. The molecule has 1 rings (SSSR count). The van der Waals surface area contributed by atoms with E-state index in [1.165, 1.54) is 19.3 Å². The molecule has 3 heteroatoms. The van der Waals surface area contributed by atoms with Gasteiger partial charge in [0.05, 0.1) is 4.83 Å². The van der Waals surface area contributed by atoms with Crippen molar-refractivity contribution in [1.82, 2.24) is 4.90 Å². The van der Waals surface area contributed by atoms with Gasteiger partial charge in [0.15, 0.2) is 0 Å². The Balaban J connectivity index is 2.53. The van der Waals surface area contributed by atoms with E-state index in [2.05, 4.69) is 15.9 Å². The summed E-state index contributed by atoms with van der Waals surface area (Å²) < 4.78 is 0. The lowest BCUT2D eigenvalue weighted by atomic mass is 10.1. The largest absolute Gasteiger partial charge is 0.342 e. The van der Waals surface area contributed by atoms with Crippen LogP contribution in [0.15, 0.2) is 0 Å². The Morgan fingerprint density at radius 2 is 2.25 bits per heavy atom. The lowest BCUT2D eigenvalue weighted by Gasteiger charge is -2.25. The molecule has 0 aromatic heterocycles. The van der Waals surface area contributed by atoms with E-state index in [-0.39, 0.29) is 10.7 Å². The number of halogens is 1. The molecule has 1 unspecified atom stereocenters. The van der Waals surface area contributed by atoms with Gasteiger partial charge >= 0.3 is 0 Å². The Kier molecular flexibility index (Phi) is 4.06. The number of nitrogens with zero attached hydrogens (tertiary/aromatic N) is 1. The molecule has 70 valence electrons. The van der Waals surface area contributed by atoms with Gasteiger partial charge in [-0.15, -0.1) is 0 Å². The summed E-state index contributed by atoms with van der Waals surface area (Å²) in [6.07, 6.45) is 4.60. The molecule has 0 radical (unpaired) electrons. The number of carbonyl (C=O) groups excluding carboxylic acids is 1. The highest BCUT2D eigenvalue weighted by molar-refractivity contribution is 9.10. The smallest absolute Gasteiger partial charge is 0.236 e. The Morgan fingerprint density at radius 1 is 1.50 bits per heavy atom. The average molecular weight is 234 g/mol. The van der Waals surface area contributed by atoms with E-state index in [1.807, 2.05) is 11.8 Å². The molecule has 1 atom stereocenters. The predicted octanol–water partition coefficient (Wildman–Crippen LogP) is 2.17. The third-order valence-electron chi connectivity index (χ3n) is 2.35. The maximum absolute atomic E-state index is 11.6. The standard InChI is InChI=1S/C9H16BrNO/c1-2-11-7-5-3-4-6-8(10)9(11)12/h8H,2-7H2,1H3. The molecule has 1 aliphatic heterocycles. The number of rotatable bonds is 1. The summed E-state index contributed by atoms with van der Waals surface area (Å²) in [7, 11) is 0. The number of alkyl halides is 1. The molecule has 0 N–H and O–H groups in total. The summed E-state index contributed by atoms with van der Waals surface area (Å²) in [5.41, 5.74) is 0. The Morgan fingerprint density at radius 3 is 2.92 bits per heavy atom. The summed E-state index contributed by atoms with van der Waals surface area (Å²) in [4.78, 5) is 13.6. The molecule has 1 heterocycles. The van der Waals surface area contributed by atoms with Crippen LogP contribution in [0.1, 0.15) is 32.6 Å². The van der Waals surface area contributed by atoms with E-state index in [0.717, 1.165) is 19.5 Å². The van der Waals surface area contributed by atoms with Crippen LogP contribution in [0.2, 0.25) is 0 Å².